The minimum absolute atomic E-state index is 0.0842. The second-order valence-corrected chi connectivity index (χ2v) is 9.25. The number of benzene rings is 3. The topological polar surface area (TPSA) is 84.5 Å². The molecule has 0 aliphatic carbocycles. The first-order valence-corrected chi connectivity index (χ1v) is 11.5. The van der Waals surface area contributed by atoms with Gasteiger partial charge in [-0.05, 0) is 60.2 Å². The largest absolute Gasteiger partial charge is 0.484 e. The van der Waals surface area contributed by atoms with Crippen LogP contribution in [0.5, 0.6) is 5.75 Å². The molecule has 2 N–H and O–H groups in total. The minimum atomic E-state index is -3.73. The molecule has 1 amide bonds. The number of carbonyl (C=O) groups is 1. The van der Waals surface area contributed by atoms with Crippen molar-refractivity contribution in [3.8, 4) is 5.75 Å². The molecule has 0 spiro atoms. The Labute approximate surface area is 188 Å². The molecular formula is C21H18BrClN2O4S. The van der Waals surface area contributed by atoms with Crippen LogP contribution in [0.2, 0.25) is 5.02 Å². The zero-order valence-electron chi connectivity index (χ0n) is 15.6. The van der Waals surface area contributed by atoms with E-state index in [2.05, 4.69) is 26.0 Å². The van der Waals surface area contributed by atoms with E-state index in [0.717, 1.165) is 10.0 Å². The molecule has 6 nitrogen and oxygen atoms in total. The van der Waals surface area contributed by atoms with Crippen LogP contribution in [0.25, 0.3) is 0 Å². The van der Waals surface area contributed by atoms with Crippen molar-refractivity contribution < 1.29 is 17.9 Å². The molecule has 0 aliphatic rings. The number of hydrogen-bond donors (Lipinski definition) is 2. The van der Waals surface area contributed by atoms with E-state index in [4.69, 9.17) is 16.3 Å². The second kappa shape index (κ2) is 9.97. The Balaban J connectivity index is 1.53. The molecule has 30 heavy (non-hydrogen) atoms. The fraction of sp³-hybridized carbons (Fsp3) is 0.0952. The van der Waals surface area contributed by atoms with Crippen LogP contribution in [0.1, 0.15) is 5.56 Å². The van der Waals surface area contributed by atoms with Gasteiger partial charge in [-0.25, -0.2) is 8.42 Å². The Kier molecular flexibility index (Phi) is 7.36. The van der Waals surface area contributed by atoms with E-state index in [1.807, 2.05) is 18.2 Å². The van der Waals surface area contributed by atoms with Gasteiger partial charge in [0, 0.05) is 21.7 Å². The SMILES string of the molecule is O=C(COc1ccc(S(=O)(=O)Nc2ccc(Br)cc2)cc1)NCc1ccccc1Cl. The molecule has 0 aliphatic heterocycles. The summed E-state index contributed by atoms with van der Waals surface area (Å²) in [5, 5.41) is 3.30. The molecule has 0 saturated carbocycles. The molecule has 3 aromatic rings. The van der Waals surface area contributed by atoms with Gasteiger partial charge in [-0.2, -0.15) is 0 Å². The Morgan fingerprint density at radius 1 is 0.967 bits per heavy atom. The van der Waals surface area contributed by atoms with Crippen LogP contribution >= 0.6 is 27.5 Å². The molecule has 0 bridgehead atoms. The van der Waals surface area contributed by atoms with Gasteiger partial charge in [-0.15, -0.1) is 0 Å². The Morgan fingerprint density at radius 2 is 1.63 bits per heavy atom. The third-order valence-corrected chi connectivity index (χ3v) is 6.33. The molecule has 0 fully saturated rings. The molecule has 9 heteroatoms. The molecule has 0 unspecified atom stereocenters. The van der Waals surface area contributed by atoms with E-state index in [-0.39, 0.29) is 17.4 Å². The van der Waals surface area contributed by atoms with Gasteiger partial charge < -0.3 is 10.1 Å². The van der Waals surface area contributed by atoms with Gasteiger partial charge in [-0.3, -0.25) is 9.52 Å². The molecule has 0 aromatic heterocycles. The molecular weight excluding hydrogens is 492 g/mol. The van der Waals surface area contributed by atoms with Crippen LogP contribution < -0.4 is 14.8 Å². The van der Waals surface area contributed by atoms with E-state index in [1.54, 1.807) is 30.3 Å². The zero-order chi connectivity index (χ0) is 21.6. The lowest BCUT2D eigenvalue weighted by Crippen LogP contribution is -2.28. The highest BCUT2D eigenvalue weighted by Crippen LogP contribution is 2.21. The second-order valence-electron chi connectivity index (χ2n) is 6.24. The number of carbonyl (C=O) groups excluding carboxylic acids is 1. The van der Waals surface area contributed by atoms with Crippen molar-refractivity contribution in [1.82, 2.24) is 5.32 Å². The first-order valence-electron chi connectivity index (χ1n) is 8.85. The summed E-state index contributed by atoms with van der Waals surface area (Å²) in [5.74, 6) is 0.0639. The smallest absolute Gasteiger partial charge is 0.261 e. The maximum atomic E-state index is 12.5. The molecule has 3 rings (SSSR count). The third-order valence-electron chi connectivity index (χ3n) is 4.03. The van der Waals surface area contributed by atoms with Gasteiger partial charge in [0.15, 0.2) is 6.61 Å². The van der Waals surface area contributed by atoms with Gasteiger partial charge in [0.1, 0.15) is 5.75 Å². The van der Waals surface area contributed by atoms with Crippen molar-refractivity contribution in [3.05, 3.63) is 87.9 Å². The molecule has 0 heterocycles. The Bertz CT molecular complexity index is 1120. The number of amides is 1. The van der Waals surface area contributed by atoms with Gasteiger partial charge in [0.05, 0.1) is 4.90 Å². The summed E-state index contributed by atoms with van der Waals surface area (Å²) in [7, 11) is -3.73. The van der Waals surface area contributed by atoms with E-state index < -0.39 is 10.0 Å². The van der Waals surface area contributed by atoms with Crippen molar-refractivity contribution in [2.75, 3.05) is 11.3 Å². The van der Waals surface area contributed by atoms with Crippen molar-refractivity contribution >= 4 is 49.1 Å². The predicted octanol–water partition coefficient (Wildman–Crippen LogP) is 4.60. The molecule has 0 saturated heterocycles. The average molecular weight is 510 g/mol. The van der Waals surface area contributed by atoms with Crippen LogP contribution in [-0.2, 0) is 21.4 Å². The number of ether oxygens (including phenoxy) is 1. The number of halogens is 2. The summed E-state index contributed by atoms with van der Waals surface area (Å²) in [6.45, 7) is 0.0917. The zero-order valence-corrected chi connectivity index (χ0v) is 18.8. The van der Waals surface area contributed by atoms with Crippen LogP contribution in [0.15, 0.2) is 82.2 Å². The van der Waals surface area contributed by atoms with Crippen LogP contribution in [-0.4, -0.2) is 20.9 Å². The Hall–Kier alpha value is -2.55. The van der Waals surface area contributed by atoms with Crippen molar-refractivity contribution in [2.45, 2.75) is 11.4 Å². The predicted molar refractivity (Wildman–Crippen MR) is 120 cm³/mol. The monoisotopic (exact) mass is 508 g/mol. The maximum Gasteiger partial charge on any atom is 0.261 e. The molecule has 0 radical (unpaired) electrons. The lowest BCUT2D eigenvalue weighted by molar-refractivity contribution is -0.123. The molecule has 0 atom stereocenters. The summed E-state index contributed by atoms with van der Waals surface area (Å²) in [5.41, 5.74) is 1.26. The maximum absolute atomic E-state index is 12.5. The van der Waals surface area contributed by atoms with Gasteiger partial charge in [-0.1, -0.05) is 45.7 Å². The van der Waals surface area contributed by atoms with Crippen molar-refractivity contribution in [1.29, 1.82) is 0 Å². The lowest BCUT2D eigenvalue weighted by atomic mass is 10.2. The van der Waals surface area contributed by atoms with Crippen LogP contribution in [0.3, 0.4) is 0 Å². The highest BCUT2D eigenvalue weighted by molar-refractivity contribution is 9.10. The highest BCUT2D eigenvalue weighted by atomic mass is 79.9. The van der Waals surface area contributed by atoms with E-state index in [1.165, 1.54) is 24.3 Å². The number of anilines is 1. The van der Waals surface area contributed by atoms with Crippen molar-refractivity contribution in [3.63, 3.8) is 0 Å². The van der Waals surface area contributed by atoms with Crippen LogP contribution in [0, 0.1) is 0 Å². The summed E-state index contributed by atoms with van der Waals surface area (Å²) < 4.78 is 33.7. The first kappa shape index (κ1) is 22.1. The average Bonchev–Trinajstić information content (AvgIpc) is 2.73. The number of hydrogen-bond acceptors (Lipinski definition) is 4. The van der Waals surface area contributed by atoms with Crippen LogP contribution in [0.4, 0.5) is 5.69 Å². The fourth-order valence-electron chi connectivity index (χ4n) is 2.48. The number of rotatable bonds is 8. The molecule has 3 aromatic carbocycles. The van der Waals surface area contributed by atoms with Crippen molar-refractivity contribution in [2.24, 2.45) is 0 Å². The standard InChI is InChI=1S/C21H18BrClN2O4S/c22-16-5-7-17(8-6-16)25-30(27,28)19-11-9-18(10-12-19)29-14-21(26)24-13-15-3-1-2-4-20(15)23/h1-12,25H,13-14H2,(H,24,26). The highest BCUT2D eigenvalue weighted by Gasteiger charge is 2.14. The Morgan fingerprint density at radius 3 is 2.30 bits per heavy atom. The van der Waals surface area contributed by atoms with Gasteiger partial charge in [0.2, 0.25) is 0 Å². The fourth-order valence-corrected chi connectivity index (χ4v) is 4.01. The summed E-state index contributed by atoms with van der Waals surface area (Å²) in [6, 6.07) is 19.8. The summed E-state index contributed by atoms with van der Waals surface area (Å²) in [6.07, 6.45) is 0. The quantitative estimate of drug-likeness (QED) is 0.465. The number of sulfonamides is 1. The number of nitrogens with one attached hydrogen (secondary N) is 2. The van der Waals surface area contributed by atoms with Gasteiger partial charge >= 0.3 is 0 Å². The molecule has 156 valence electrons. The first-order chi connectivity index (χ1) is 14.3. The summed E-state index contributed by atoms with van der Waals surface area (Å²) in [4.78, 5) is 12.1. The van der Waals surface area contributed by atoms with Gasteiger partial charge in [0.25, 0.3) is 15.9 Å². The third kappa shape index (κ3) is 6.22. The normalized spacial score (nSPS) is 11.0. The van der Waals surface area contributed by atoms with E-state index in [0.29, 0.717) is 23.0 Å². The van der Waals surface area contributed by atoms with E-state index >= 15 is 0 Å². The summed E-state index contributed by atoms with van der Waals surface area (Å²) >= 11 is 9.35. The lowest BCUT2D eigenvalue weighted by Gasteiger charge is -2.10. The minimum Gasteiger partial charge on any atom is -0.484 e. The van der Waals surface area contributed by atoms with E-state index in [9.17, 15) is 13.2 Å².